The molecular weight excluding hydrogens is 286 g/mol. The highest BCUT2D eigenvalue weighted by molar-refractivity contribution is 7.11. The predicted molar refractivity (Wildman–Crippen MR) is 83.1 cm³/mol. The first kappa shape index (κ1) is 15.5. The Morgan fingerprint density at radius 2 is 2.05 bits per heavy atom. The van der Waals surface area contributed by atoms with Gasteiger partial charge in [-0.25, -0.2) is 4.98 Å². The molecule has 1 aromatic carbocycles. The first-order valence-electron chi connectivity index (χ1n) is 6.83. The van der Waals surface area contributed by atoms with Crippen molar-refractivity contribution in [3.63, 3.8) is 0 Å². The second kappa shape index (κ2) is 6.26. The highest BCUT2D eigenvalue weighted by Crippen LogP contribution is 2.33. The summed E-state index contributed by atoms with van der Waals surface area (Å²) in [7, 11) is 0. The Bertz CT molecular complexity index is 592. The summed E-state index contributed by atoms with van der Waals surface area (Å²) < 4.78 is 5.59. The third kappa shape index (κ3) is 3.61. The molecule has 0 spiro atoms. The molecule has 1 N–H and O–H groups in total. The molecule has 0 aliphatic heterocycles. The lowest BCUT2D eigenvalue weighted by Crippen LogP contribution is -2.33. The molecule has 1 atom stereocenters. The third-order valence-electron chi connectivity index (χ3n) is 3.39. The lowest BCUT2D eigenvalue weighted by atomic mass is 9.76. The first-order chi connectivity index (χ1) is 9.91. The molecule has 1 aromatic heterocycles. The number of carbonyl (C=O) groups is 1. The van der Waals surface area contributed by atoms with Crippen LogP contribution in [0.4, 0.5) is 0 Å². The van der Waals surface area contributed by atoms with Crippen LogP contribution < -0.4 is 4.74 Å². The highest BCUT2D eigenvalue weighted by Gasteiger charge is 2.35. The molecule has 5 heteroatoms. The monoisotopic (exact) mass is 305 g/mol. The van der Waals surface area contributed by atoms with E-state index in [9.17, 15) is 9.90 Å². The third-order valence-corrected chi connectivity index (χ3v) is 4.04. The number of carboxylic acids is 1. The number of thiazole rings is 1. The van der Waals surface area contributed by atoms with Crippen molar-refractivity contribution in [2.75, 3.05) is 0 Å². The van der Waals surface area contributed by atoms with Crippen molar-refractivity contribution in [1.29, 1.82) is 0 Å². The standard InChI is InChI=1S/C16H19NO3S/c1-11(2)10-16(3,14(18)19)12-4-6-13(7-5-12)20-15-17-8-9-21-15/h4-9,11H,10H2,1-3H3,(H,18,19). The van der Waals surface area contributed by atoms with Gasteiger partial charge in [-0.2, -0.15) is 0 Å². The summed E-state index contributed by atoms with van der Waals surface area (Å²) in [4.78, 5) is 15.7. The lowest BCUT2D eigenvalue weighted by Gasteiger charge is -2.27. The molecule has 0 saturated carbocycles. The van der Waals surface area contributed by atoms with Crippen LogP contribution in [0.5, 0.6) is 10.9 Å². The number of hydrogen-bond donors (Lipinski definition) is 1. The van der Waals surface area contributed by atoms with Crippen LogP contribution in [0.3, 0.4) is 0 Å². The number of ether oxygens (including phenoxy) is 1. The van der Waals surface area contributed by atoms with E-state index < -0.39 is 11.4 Å². The van der Waals surface area contributed by atoms with Crippen molar-refractivity contribution in [1.82, 2.24) is 4.98 Å². The summed E-state index contributed by atoms with van der Waals surface area (Å²) in [6.45, 7) is 5.83. The molecule has 21 heavy (non-hydrogen) atoms. The van der Waals surface area contributed by atoms with Gasteiger partial charge in [0.15, 0.2) is 0 Å². The van der Waals surface area contributed by atoms with E-state index in [2.05, 4.69) is 4.98 Å². The number of carboxylic acid groups (broad SMARTS) is 1. The summed E-state index contributed by atoms with van der Waals surface area (Å²) in [5.74, 6) is 0.160. The minimum absolute atomic E-state index is 0.303. The fraction of sp³-hybridized carbons (Fsp3) is 0.375. The molecule has 0 bridgehead atoms. The van der Waals surface area contributed by atoms with Gasteiger partial charge in [-0.3, -0.25) is 4.79 Å². The van der Waals surface area contributed by atoms with E-state index in [1.807, 2.05) is 31.4 Å². The van der Waals surface area contributed by atoms with E-state index in [0.29, 0.717) is 23.3 Å². The summed E-state index contributed by atoms with van der Waals surface area (Å²) in [5, 5.41) is 12.0. The van der Waals surface area contributed by atoms with E-state index in [-0.39, 0.29) is 0 Å². The molecule has 1 heterocycles. The Balaban J connectivity index is 2.21. The van der Waals surface area contributed by atoms with Gasteiger partial charge in [0.1, 0.15) is 5.75 Å². The van der Waals surface area contributed by atoms with Crippen molar-refractivity contribution in [3.05, 3.63) is 41.4 Å². The fourth-order valence-corrected chi connectivity index (χ4v) is 2.90. The maximum absolute atomic E-state index is 11.7. The molecule has 0 amide bonds. The van der Waals surface area contributed by atoms with Gasteiger partial charge >= 0.3 is 5.97 Å². The molecular formula is C16H19NO3S. The van der Waals surface area contributed by atoms with Crippen LogP contribution in [0.1, 0.15) is 32.8 Å². The molecule has 0 radical (unpaired) electrons. The average molecular weight is 305 g/mol. The van der Waals surface area contributed by atoms with Gasteiger partial charge in [-0.1, -0.05) is 37.3 Å². The molecule has 112 valence electrons. The van der Waals surface area contributed by atoms with Crippen molar-refractivity contribution in [2.45, 2.75) is 32.6 Å². The number of nitrogens with zero attached hydrogens (tertiary/aromatic N) is 1. The predicted octanol–water partition coefficient (Wildman–Crippen LogP) is 4.32. The Kier molecular flexibility index (Phi) is 4.63. The largest absolute Gasteiger partial charge is 0.481 e. The molecule has 4 nitrogen and oxygen atoms in total. The van der Waals surface area contributed by atoms with Crippen LogP contribution in [0.2, 0.25) is 0 Å². The molecule has 0 fully saturated rings. The van der Waals surface area contributed by atoms with Gasteiger partial charge in [0, 0.05) is 11.6 Å². The maximum Gasteiger partial charge on any atom is 0.313 e. The Hall–Kier alpha value is -1.88. The second-order valence-corrected chi connectivity index (χ2v) is 6.52. The van der Waals surface area contributed by atoms with Crippen LogP contribution in [0.25, 0.3) is 0 Å². The van der Waals surface area contributed by atoms with Crippen molar-refractivity contribution in [3.8, 4) is 10.9 Å². The summed E-state index contributed by atoms with van der Waals surface area (Å²) >= 11 is 1.41. The quantitative estimate of drug-likeness (QED) is 0.863. The SMILES string of the molecule is CC(C)CC(C)(C(=O)O)c1ccc(Oc2nccs2)cc1. The van der Waals surface area contributed by atoms with Gasteiger partial charge in [0.25, 0.3) is 5.19 Å². The Morgan fingerprint density at radius 3 is 2.52 bits per heavy atom. The molecule has 0 saturated heterocycles. The number of aromatic nitrogens is 1. The van der Waals surface area contributed by atoms with Crippen LogP contribution in [-0.2, 0) is 10.2 Å². The van der Waals surface area contributed by atoms with E-state index >= 15 is 0 Å². The van der Waals surface area contributed by atoms with E-state index in [0.717, 1.165) is 5.56 Å². The van der Waals surface area contributed by atoms with Crippen molar-refractivity contribution < 1.29 is 14.6 Å². The zero-order valence-electron chi connectivity index (χ0n) is 12.4. The van der Waals surface area contributed by atoms with Crippen molar-refractivity contribution in [2.24, 2.45) is 5.92 Å². The van der Waals surface area contributed by atoms with Gasteiger partial charge in [0.05, 0.1) is 5.41 Å². The zero-order valence-corrected chi connectivity index (χ0v) is 13.2. The van der Waals surface area contributed by atoms with E-state index in [4.69, 9.17) is 4.74 Å². The number of benzene rings is 1. The molecule has 0 aliphatic rings. The highest BCUT2D eigenvalue weighted by atomic mass is 32.1. The van der Waals surface area contributed by atoms with Gasteiger partial charge in [-0.05, 0) is 37.0 Å². The van der Waals surface area contributed by atoms with E-state index in [1.54, 1.807) is 25.3 Å². The van der Waals surface area contributed by atoms with E-state index in [1.165, 1.54) is 11.3 Å². The first-order valence-corrected chi connectivity index (χ1v) is 7.71. The second-order valence-electron chi connectivity index (χ2n) is 5.66. The van der Waals surface area contributed by atoms with Crippen LogP contribution in [0, 0.1) is 5.92 Å². The summed E-state index contributed by atoms with van der Waals surface area (Å²) in [6, 6.07) is 7.22. The fourth-order valence-electron chi connectivity index (χ4n) is 2.40. The molecule has 2 rings (SSSR count). The zero-order chi connectivity index (χ0) is 15.5. The lowest BCUT2D eigenvalue weighted by molar-refractivity contribution is -0.143. The maximum atomic E-state index is 11.7. The number of hydrogen-bond acceptors (Lipinski definition) is 4. The number of aliphatic carboxylic acids is 1. The van der Waals surface area contributed by atoms with Crippen molar-refractivity contribution >= 4 is 17.3 Å². The Labute approximate surface area is 128 Å². The summed E-state index contributed by atoms with van der Waals surface area (Å²) in [5.41, 5.74) is -0.0939. The van der Waals surface area contributed by atoms with Gasteiger partial charge in [0.2, 0.25) is 0 Å². The smallest absolute Gasteiger partial charge is 0.313 e. The summed E-state index contributed by atoms with van der Waals surface area (Å²) in [6.07, 6.45) is 2.27. The van der Waals surface area contributed by atoms with Crippen LogP contribution >= 0.6 is 11.3 Å². The van der Waals surface area contributed by atoms with Gasteiger partial charge in [-0.15, -0.1) is 0 Å². The minimum atomic E-state index is -0.881. The van der Waals surface area contributed by atoms with Crippen LogP contribution in [-0.4, -0.2) is 16.1 Å². The number of rotatable bonds is 6. The minimum Gasteiger partial charge on any atom is -0.481 e. The molecule has 1 unspecified atom stereocenters. The topological polar surface area (TPSA) is 59.4 Å². The van der Waals surface area contributed by atoms with Gasteiger partial charge < -0.3 is 9.84 Å². The van der Waals surface area contributed by atoms with Crippen LogP contribution in [0.15, 0.2) is 35.8 Å². The average Bonchev–Trinajstić information content (AvgIpc) is 2.91. The molecule has 0 aliphatic carbocycles. The Morgan fingerprint density at radius 1 is 1.38 bits per heavy atom. The normalized spacial score (nSPS) is 13.9. The molecule has 2 aromatic rings.